The molecule has 2 amide bonds. The molecule has 0 saturated carbocycles. The van der Waals surface area contributed by atoms with Gasteiger partial charge in [-0.1, -0.05) is 0 Å². The molecular formula is C23H25F3N6O3. The number of halogens is 3. The SMILES string of the molecule is NC(=O)c1cc(N[C@H]2CCNC2=O)nc(N2C3CCC2CC(Oc2ccc(C(F)(F)F)cc2)C3)n1. The molecule has 2 unspecified atom stereocenters. The first-order chi connectivity index (χ1) is 16.7. The minimum absolute atomic E-state index is 0.0407. The lowest BCUT2D eigenvalue weighted by molar-refractivity contribution is -0.137. The Morgan fingerprint density at radius 3 is 2.37 bits per heavy atom. The molecule has 4 heterocycles. The number of anilines is 2. The fourth-order valence-corrected chi connectivity index (χ4v) is 5.13. The third kappa shape index (κ3) is 4.82. The number of benzene rings is 1. The molecule has 2 bridgehead atoms. The number of carbonyl (C=O) groups excluding carboxylic acids is 2. The molecule has 186 valence electrons. The fourth-order valence-electron chi connectivity index (χ4n) is 5.13. The summed E-state index contributed by atoms with van der Waals surface area (Å²) in [7, 11) is 0. The highest BCUT2D eigenvalue weighted by molar-refractivity contribution is 5.92. The average molecular weight is 490 g/mol. The molecule has 2 aromatic rings. The summed E-state index contributed by atoms with van der Waals surface area (Å²) < 4.78 is 44.5. The number of hydrogen-bond donors (Lipinski definition) is 3. The quantitative estimate of drug-likeness (QED) is 0.569. The zero-order valence-electron chi connectivity index (χ0n) is 18.7. The lowest BCUT2D eigenvalue weighted by Gasteiger charge is -2.39. The van der Waals surface area contributed by atoms with Crippen LogP contribution in [0.4, 0.5) is 24.9 Å². The van der Waals surface area contributed by atoms with Crippen molar-refractivity contribution in [1.29, 1.82) is 0 Å². The van der Waals surface area contributed by atoms with E-state index in [0.717, 1.165) is 25.0 Å². The van der Waals surface area contributed by atoms with E-state index in [9.17, 15) is 22.8 Å². The number of hydrogen-bond acceptors (Lipinski definition) is 7. The van der Waals surface area contributed by atoms with Crippen LogP contribution in [-0.4, -0.2) is 52.6 Å². The molecule has 35 heavy (non-hydrogen) atoms. The monoisotopic (exact) mass is 490 g/mol. The Balaban J connectivity index is 1.32. The zero-order chi connectivity index (χ0) is 24.7. The highest BCUT2D eigenvalue weighted by Crippen LogP contribution is 2.40. The van der Waals surface area contributed by atoms with Crippen molar-refractivity contribution >= 4 is 23.6 Å². The van der Waals surface area contributed by atoms with Crippen molar-refractivity contribution in [2.24, 2.45) is 5.73 Å². The molecule has 0 aliphatic carbocycles. The predicted molar refractivity (Wildman–Crippen MR) is 120 cm³/mol. The minimum Gasteiger partial charge on any atom is -0.490 e. The maximum Gasteiger partial charge on any atom is 0.416 e. The molecule has 3 fully saturated rings. The third-order valence-electron chi connectivity index (χ3n) is 6.74. The van der Waals surface area contributed by atoms with Crippen LogP contribution >= 0.6 is 0 Å². The number of nitrogens with zero attached hydrogens (tertiary/aromatic N) is 3. The first-order valence-electron chi connectivity index (χ1n) is 11.5. The number of rotatable bonds is 6. The van der Waals surface area contributed by atoms with Gasteiger partial charge < -0.3 is 26.0 Å². The van der Waals surface area contributed by atoms with Gasteiger partial charge in [-0.3, -0.25) is 9.59 Å². The van der Waals surface area contributed by atoms with Crippen LogP contribution in [0.1, 0.15) is 48.2 Å². The molecule has 4 N–H and O–H groups in total. The molecular weight excluding hydrogens is 465 g/mol. The van der Waals surface area contributed by atoms with E-state index in [0.29, 0.717) is 43.3 Å². The van der Waals surface area contributed by atoms with Gasteiger partial charge in [-0.2, -0.15) is 18.2 Å². The van der Waals surface area contributed by atoms with Crippen molar-refractivity contribution in [2.75, 3.05) is 16.8 Å². The number of fused-ring (bicyclic) bond motifs is 2. The molecule has 1 aromatic carbocycles. The van der Waals surface area contributed by atoms with E-state index in [-0.39, 0.29) is 29.8 Å². The van der Waals surface area contributed by atoms with Gasteiger partial charge in [0, 0.05) is 37.5 Å². The number of amides is 2. The van der Waals surface area contributed by atoms with E-state index in [4.69, 9.17) is 10.5 Å². The van der Waals surface area contributed by atoms with Gasteiger partial charge in [-0.05, 0) is 43.5 Å². The van der Waals surface area contributed by atoms with Crippen LogP contribution in [0, 0.1) is 0 Å². The minimum atomic E-state index is -4.39. The van der Waals surface area contributed by atoms with Crippen molar-refractivity contribution in [3.8, 4) is 5.75 Å². The van der Waals surface area contributed by atoms with Crippen molar-refractivity contribution in [3.63, 3.8) is 0 Å². The molecule has 0 radical (unpaired) electrons. The largest absolute Gasteiger partial charge is 0.490 e. The smallest absolute Gasteiger partial charge is 0.416 e. The van der Waals surface area contributed by atoms with E-state index in [1.54, 1.807) is 0 Å². The molecule has 12 heteroatoms. The van der Waals surface area contributed by atoms with Gasteiger partial charge in [-0.15, -0.1) is 0 Å². The molecule has 3 atom stereocenters. The van der Waals surface area contributed by atoms with Crippen LogP contribution in [-0.2, 0) is 11.0 Å². The number of nitrogens with one attached hydrogen (secondary N) is 2. The Kier molecular flexibility index (Phi) is 5.89. The van der Waals surface area contributed by atoms with E-state index in [1.807, 2.05) is 0 Å². The lowest BCUT2D eigenvalue weighted by Crippen LogP contribution is -2.47. The Bertz CT molecular complexity index is 1110. The molecule has 0 spiro atoms. The molecule has 1 aromatic heterocycles. The summed E-state index contributed by atoms with van der Waals surface area (Å²) >= 11 is 0. The maximum absolute atomic E-state index is 12.8. The second kappa shape index (κ2) is 8.90. The average Bonchev–Trinajstić information content (AvgIpc) is 3.33. The van der Waals surface area contributed by atoms with Crippen LogP contribution in [0.25, 0.3) is 0 Å². The number of alkyl halides is 3. The van der Waals surface area contributed by atoms with Gasteiger partial charge in [-0.25, -0.2) is 4.98 Å². The number of piperidine rings is 1. The van der Waals surface area contributed by atoms with E-state index < -0.39 is 23.7 Å². The summed E-state index contributed by atoms with van der Waals surface area (Å²) in [6, 6.07) is 5.79. The van der Waals surface area contributed by atoms with Crippen LogP contribution in [0.2, 0.25) is 0 Å². The summed E-state index contributed by atoms with van der Waals surface area (Å²) in [4.78, 5) is 34.9. The highest BCUT2D eigenvalue weighted by atomic mass is 19.4. The van der Waals surface area contributed by atoms with E-state index in [2.05, 4.69) is 25.5 Å². The van der Waals surface area contributed by atoms with Crippen molar-refractivity contribution in [2.45, 2.75) is 62.5 Å². The first kappa shape index (κ1) is 23.2. The molecule has 5 rings (SSSR count). The van der Waals surface area contributed by atoms with Crippen molar-refractivity contribution in [1.82, 2.24) is 15.3 Å². The lowest BCUT2D eigenvalue weighted by atomic mass is 10.00. The van der Waals surface area contributed by atoms with Crippen LogP contribution in [0.5, 0.6) is 5.75 Å². The topological polar surface area (TPSA) is 122 Å². The summed E-state index contributed by atoms with van der Waals surface area (Å²) in [6.45, 7) is 0.563. The van der Waals surface area contributed by atoms with Gasteiger partial charge in [0.2, 0.25) is 11.9 Å². The Hall–Kier alpha value is -3.57. The predicted octanol–water partition coefficient (Wildman–Crippen LogP) is 2.47. The summed E-state index contributed by atoms with van der Waals surface area (Å²) in [5, 5.41) is 5.82. The Morgan fingerprint density at radius 1 is 1.11 bits per heavy atom. The Morgan fingerprint density at radius 2 is 1.80 bits per heavy atom. The van der Waals surface area contributed by atoms with E-state index in [1.165, 1.54) is 18.2 Å². The zero-order valence-corrected chi connectivity index (χ0v) is 18.7. The van der Waals surface area contributed by atoms with Crippen molar-refractivity contribution in [3.05, 3.63) is 41.6 Å². The fraction of sp³-hybridized carbons (Fsp3) is 0.478. The van der Waals surface area contributed by atoms with Crippen LogP contribution in [0.3, 0.4) is 0 Å². The van der Waals surface area contributed by atoms with Crippen molar-refractivity contribution < 1.29 is 27.5 Å². The molecule has 3 aliphatic rings. The molecule has 3 aliphatic heterocycles. The summed E-state index contributed by atoms with van der Waals surface area (Å²) in [6.07, 6.45) is -0.949. The van der Waals surface area contributed by atoms with Crippen LogP contribution in [0.15, 0.2) is 30.3 Å². The van der Waals surface area contributed by atoms with Gasteiger partial charge in [0.25, 0.3) is 5.91 Å². The number of aromatic nitrogens is 2. The normalized spacial score (nSPS) is 25.9. The van der Waals surface area contributed by atoms with Gasteiger partial charge in [0.05, 0.1) is 5.56 Å². The summed E-state index contributed by atoms with van der Waals surface area (Å²) in [5.74, 6) is 0.285. The Labute approximate surface area is 199 Å². The third-order valence-corrected chi connectivity index (χ3v) is 6.74. The first-order valence-corrected chi connectivity index (χ1v) is 11.5. The van der Waals surface area contributed by atoms with E-state index >= 15 is 0 Å². The standard InChI is InChI=1S/C23H25F3N6O3/c24-23(25,26)12-1-5-15(6-2-12)35-16-9-13-3-4-14(10-16)32(13)22-30-18(20(27)33)11-19(31-22)29-17-7-8-28-21(17)34/h1-2,5-6,11,13-14,16-17H,3-4,7-10H2,(H2,27,33)(H,28,34)(H,29,30,31)/t13?,14?,16?,17-/m0/s1. The van der Waals surface area contributed by atoms with Crippen LogP contribution < -0.4 is 26.0 Å². The maximum atomic E-state index is 12.8. The highest BCUT2D eigenvalue weighted by Gasteiger charge is 2.43. The number of primary amides is 1. The second-order valence-electron chi connectivity index (χ2n) is 9.10. The number of ether oxygens (including phenoxy) is 1. The molecule has 9 nitrogen and oxygen atoms in total. The molecule has 3 saturated heterocycles. The number of carbonyl (C=O) groups is 2. The summed E-state index contributed by atoms with van der Waals surface area (Å²) in [5.41, 5.74) is 4.84. The second-order valence-corrected chi connectivity index (χ2v) is 9.10. The van der Waals surface area contributed by atoms with Gasteiger partial charge >= 0.3 is 6.18 Å². The van der Waals surface area contributed by atoms with Gasteiger partial charge in [0.1, 0.15) is 29.4 Å². The number of nitrogens with two attached hydrogens (primary N) is 1. The van der Waals surface area contributed by atoms with Gasteiger partial charge in [0.15, 0.2) is 0 Å².